The van der Waals surface area contributed by atoms with Crippen molar-refractivity contribution in [3.63, 3.8) is 0 Å². The number of anilines is 1. The Kier molecular flexibility index (Phi) is 3.17. The fraction of sp³-hybridized carbons (Fsp3) is 0.444. The van der Waals surface area contributed by atoms with Gasteiger partial charge < -0.3 is 20.6 Å². The summed E-state index contributed by atoms with van der Waals surface area (Å²) in [6.45, 7) is -0.128. The van der Waals surface area contributed by atoms with Crippen molar-refractivity contribution in [1.29, 1.82) is 0 Å². The number of pyridine rings is 1. The van der Waals surface area contributed by atoms with Crippen LogP contribution >= 0.6 is 11.8 Å². The Morgan fingerprint density at radius 3 is 3.12 bits per heavy atom. The number of hydrogen-bond donors (Lipinski definition) is 3. The summed E-state index contributed by atoms with van der Waals surface area (Å²) in [4.78, 5) is 13.7. The number of aliphatic hydroxyl groups excluding tert-OH is 1. The third-order valence-corrected chi connectivity index (χ3v) is 3.42. The third kappa shape index (κ3) is 2.06. The van der Waals surface area contributed by atoms with E-state index in [1.807, 2.05) is 0 Å². The van der Waals surface area contributed by atoms with E-state index >= 15 is 0 Å². The molecule has 4 N–H and O–H groups in total. The summed E-state index contributed by atoms with van der Waals surface area (Å²) in [5.41, 5.74) is 4.62. The van der Waals surface area contributed by atoms with Gasteiger partial charge in [0.1, 0.15) is 11.3 Å². The van der Waals surface area contributed by atoms with Crippen LogP contribution in [-0.2, 0) is 4.74 Å². The van der Waals surface area contributed by atoms with Gasteiger partial charge in [-0.15, -0.1) is 11.8 Å². The topological polar surface area (TPSA) is 88.3 Å². The van der Waals surface area contributed by atoms with Crippen LogP contribution in [-0.4, -0.2) is 27.9 Å². The molecule has 1 aromatic rings. The SMILES string of the molecule is Nc1[nH]c(=O)c([C@H]2CS[C@H](CO)O2)cc1F. The van der Waals surface area contributed by atoms with Crippen molar-refractivity contribution >= 4 is 17.6 Å². The molecule has 88 valence electrons. The molecule has 1 aliphatic rings. The quantitative estimate of drug-likeness (QED) is 0.694. The van der Waals surface area contributed by atoms with E-state index in [1.54, 1.807) is 0 Å². The Bertz CT molecular complexity index is 451. The zero-order chi connectivity index (χ0) is 11.7. The summed E-state index contributed by atoms with van der Waals surface area (Å²) in [6.07, 6.45) is -0.499. The minimum atomic E-state index is -0.671. The minimum Gasteiger partial charge on any atom is -0.393 e. The maximum Gasteiger partial charge on any atom is 0.255 e. The van der Waals surface area contributed by atoms with Gasteiger partial charge >= 0.3 is 0 Å². The van der Waals surface area contributed by atoms with Gasteiger partial charge in [-0.05, 0) is 6.07 Å². The van der Waals surface area contributed by atoms with Crippen molar-refractivity contribution in [1.82, 2.24) is 4.98 Å². The van der Waals surface area contributed by atoms with Gasteiger partial charge in [0, 0.05) is 11.3 Å². The number of hydrogen-bond acceptors (Lipinski definition) is 5. The van der Waals surface area contributed by atoms with Crippen molar-refractivity contribution < 1.29 is 14.2 Å². The van der Waals surface area contributed by atoms with E-state index in [0.29, 0.717) is 5.75 Å². The zero-order valence-electron chi connectivity index (χ0n) is 8.27. The molecule has 0 aromatic carbocycles. The van der Waals surface area contributed by atoms with Crippen molar-refractivity contribution in [3.05, 3.63) is 27.8 Å². The van der Waals surface area contributed by atoms with Gasteiger partial charge in [-0.3, -0.25) is 4.79 Å². The molecule has 1 saturated heterocycles. The molecule has 0 aliphatic carbocycles. The average molecular weight is 246 g/mol. The second kappa shape index (κ2) is 4.44. The largest absolute Gasteiger partial charge is 0.393 e. The summed E-state index contributed by atoms with van der Waals surface area (Å²) < 4.78 is 18.5. The van der Waals surface area contributed by atoms with Gasteiger partial charge in [-0.1, -0.05) is 0 Å². The molecule has 0 spiro atoms. The molecule has 7 heteroatoms. The lowest BCUT2D eigenvalue weighted by molar-refractivity contribution is 0.0336. The van der Waals surface area contributed by atoms with Gasteiger partial charge in [0.15, 0.2) is 5.82 Å². The van der Waals surface area contributed by atoms with E-state index in [2.05, 4.69) is 4.98 Å². The number of rotatable bonds is 2. The van der Waals surface area contributed by atoms with Gasteiger partial charge in [0.2, 0.25) is 0 Å². The predicted octanol–water partition coefficient (Wildman–Crippen LogP) is 0.219. The van der Waals surface area contributed by atoms with Crippen LogP contribution in [0.1, 0.15) is 11.7 Å². The Hall–Kier alpha value is -1.05. The van der Waals surface area contributed by atoms with E-state index in [4.69, 9.17) is 15.6 Å². The van der Waals surface area contributed by atoms with Crippen LogP contribution in [0.25, 0.3) is 0 Å². The second-order valence-corrected chi connectivity index (χ2v) is 4.58. The molecule has 0 bridgehead atoms. The molecule has 0 amide bonds. The first kappa shape index (κ1) is 11.4. The third-order valence-electron chi connectivity index (χ3n) is 2.30. The van der Waals surface area contributed by atoms with Crippen LogP contribution < -0.4 is 11.3 Å². The number of aromatic amines is 1. The average Bonchev–Trinajstić information content (AvgIpc) is 2.71. The monoisotopic (exact) mass is 246 g/mol. The number of ether oxygens (including phenoxy) is 1. The first-order valence-corrected chi connectivity index (χ1v) is 5.73. The lowest BCUT2D eigenvalue weighted by Crippen LogP contribution is -2.20. The first-order chi connectivity index (χ1) is 7.61. The van der Waals surface area contributed by atoms with E-state index < -0.39 is 17.5 Å². The number of nitrogens with two attached hydrogens (primary N) is 1. The molecule has 1 fully saturated rings. The number of halogens is 1. The lowest BCUT2D eigenvalue weighted by Gasteiger charge is -2.10. The fourth-order valence-corrected chi connectivity index (χ4v) is 2.45. The van der Waals surface area contributed by atoms with Crippen LogP contribution in [0.3, 0.4) is 0 Å². The smallest absolute Gasteiger partial charge is 0.255 e. The molecule has 2 rings (SSSR count). The number of H-pyrrole nitrogens is 1. The van der Waals surface area contributed by atoms with E-state index in [9.17, 15) is 9.18 Å². The Labute approximate surface area is 94.8 Å². The molecular weight excluding hydrogens is 235 g/mol. The molecule has 1 aliphatic heterocycles. The summed E-state index contributed by atoms with van der Waals surface area (Å²) in [5, 5.41) is 8.87. The maximum atomic E-state index is 13.2. The second-order valence-electron chi connectivity index (χ2n) is 3.39. The van der Waals surface area contributed by atoms with E-state index in [-0.39, 0.29) is 23.4 Å². The standard InChI is InChI=1S/C9H11FN2O3S/c10-5-1-4(9(14)12-8(5)11)6-3-16-7(2-13)15-6/h1,6-7,13H,2-3H2,(H3,11,12,14)/t6-,7-/m1/s1. The number of thioether (sulfide) groups is 1. The lowest BCUT2D eigenvalue weighted by atomic mass is 10.2. The Morgan fingerprint density at radius 2 is 2.50 bits per heavy atom. The predicted molar refractivity (Wildman–Crippen MR) is 58.6 cm³/mol. The normalized spacial score (nSPS) is 24.9. The van der Waals surface area contributed by atoms with E-state index in [1.165, 1.54) is 11.8 Å². The highest BCUT2D eigenvalue weighted by molar-refractivity contribution is 8.00. The maximum absolute atomic E-state index is 13.2. The van der Waals surface area contributed by atoms with Gasteiger partial charge in [-0.2, -0.15) is 0 Å². The molecule has 0 radical (unpaired) electrons. The Morgan fingerprint density at radius 1 is 1.75 bits per heavy atom. The highest BCUT2D eigenvalue weighted by Gasteiger charge is 2.29. The highest BCUT2D eigenvalue weighted by atomic mass is 32.2. The zero-order valence-corrected chi connectivity index (χ0v) is 9.09. The number of nitrogens with one attached hydrogen (secondary N) is 1. The van der Waals surface area contributed by atoms with Crippen molar-refractivity contribution in [2.24, 2.45) is 0 Å². The summed E-state index contributed by atoms with van der Waals surface area (Å²) in [5.74, 6) is -0.439. The molecule has 0 saturated carbocycles. The molecule has 2 heterocycles. The van der Waals surface area contributed by atoms with Crippen LogP contribution in [0.4, 0.5) is 10.2 Å². The summed E-state index contributed by atoms with van der Waals surface area (Å²) >= 11 is 1.39. The molecule has 0 unspecified atom stereocenters. The number of aromatic nitrogens is 1. The van der Waals surface area contributed by atoms with Crippen LogP contribution in [0, 0.1) is 5.82 Å². The molecule has 1 aromatic heterocycles. The number of aliphatic hydroxyl groups is 1. The van der Waals surface area contributed by atoms with Crippen molar-refractivity contribution in [2.45, 2.75) is 11.5 Å². The van der Waals surface area contributed by atoms with Crippen LogP contribution in [0.5, 0.6) is 0 Å². The van der Waals surface area contributed by atoms with Gasteiger partial charge in [0.05, 0.1) is 12.7 Å². The van der Waals surface area contributed by atoms with Crippen molar-refractivity contribution in [2.75, 3.05) is 18.1 Å². The highest BCUT2D eigenvalue weighted by Crippen LogP contribution is 2.33. The van der Waals surface area contributed by atoms with Crippen molar-refractivity contribution in [3.8, 4) is 0 Å². The molecular formula is C9H11FN2O3S. The van der Waals surface area contributed by atoms with Crippen LogP contribution in [0.2, 0.25) is 0 Å². The molecule has 5 nitrogen and oxygen atoms in total. The minimum absolute atomic E-state index is 0.128. The summed E-state index contributed by atoms with van der Waals surface area (Å²) in [7, 11) is 0. The van der Waals surface area contributed by atoms with Gasteiger partial charge in [0.25, 0.3) is 5.56 Å². The molecule has 2 atom stereocenters. The molecule has 16 heavy (non-hydrogen) atoms. The van der Waals surface area contributed by atoms with Gasteiger partial charge in [-0.25, -0.2) is 4.39 Å². The van der Waals surface area contributed by atoms with Crippen LogP contribution in [0.15, 0.2) is 10.9 Å². The first-order valence-electron chi connectivity index (χ1n) is 4.68. The fourth-order valence-electron chi connectivity index (χ4n) is 1.49. The summed E-state index contributed by atoms with van der Waals surface area (Å²) in [6, 6.07) is 1.08. The van der Waals surface area contributed by atoms with E-state index in [0.717, 1.165) is 6.07 Å². The Balaban J connectivity index is 2.28. The number of nitrogen functional groups attached to an aromatic ring is 1.